The van der Waals surface area contributed by atoms with E-state index in [1.807, 2.05) is 0 Å². The number of rotatable bonds is 6. The van der Waals surface area contributed by atoms with Gasteiger partial charge in [-0.15, -0.1) is 0 Å². The Labute approximate surface area is 122 Å². The number of nitrogens with zero attached hydrogens (tertiary/aromatic N) is 2. The number of benzene rings is 1. The van der Waals surface area contributed by atoms with E-state index in [1.165, 1.54) is 24.2 Å². The lowest BCUT2D eigenvalue weighted by molar-refractivity contribution is 0.364. The summed E-state index contributed by atoms with van der Waals surface area (Å²) in [5.41, 5.74) is 2.69. The van der Waals surface area contributed by atoms with Crippen LogP contribution in [0.4, 0.5) is 11.4 Å². The molecule has 0 aromatic heterocycles. The molecule has 0 radical (unpaired) electrons. The van der Waals surface area contributed by atoms with Crippen LogP contribution in [0.5, 0.6) is 0 Å². The van der Waals surface area contributed by atoms with Gasteiger partial charge in [-0.2, -0.15) is 5.26 Å². The van der Waals surface area contributed by atoms with Crippen LogP contribution in [0.15, 0.2) is 24.3 Å². The van der Waals surface area contributed by atoms with Gasteiger partial charge in [0.15, 0.2) is 0 Å². The number of nitrogens with one attached hydrogen (secondary N) is 1. The van der Waals surface area contributed by atoms with Crippen molar-refractivity contribution in [3.05, 3.63) is 24.3 Å². The van der Waals surface area contributed by atoms with Gasteiger partial charge in [0.2, 0.25) is 0 Å². The zero-order valence-electron chi connectivity index (χ0n) is 12.7. The molecular weight excluding hydrogens is 246 g/mol. The zero-order valence-corrected chi connectivity index (χ0v) is 12.7. The maximum atomic E-state index is 8.73. The first-order valence-corrected chi connectivity index (χ1v) is 7.57. The Bertz CT molecular complexity index is 467. The summed E-state index contributed by atoms with van der Waals surface area (Å²) in [6.45, 7) is 7.66. The van der Waals surface area contributed by atoms with E-state index < -0.39 is 0 Å². The molecule has 1 aliphatic rings. The van der Waals surface area contributed by atoms with Gasteiger partial charge in [-0.25, -0.2) is 0 Å². The number of hydrogen-bond acceptors (Lipinski definition) is 3. The van der Waals surface area contributed by atoms with Crippen molar-refractivity contribution in [2.45, 2.75) is 39.5 Å². The van der Waals surface area contributed by atoms with Crippen LogP contribution < -0.4 is 10.2 Å². The average molecular weight is 271 g/mol. The van der Waals surface area contributed by atoms with Crippen molar-refractivity contribution >= 4 is 11.4 Å². The van der Waals surface area contributed by atoms with Crippen LogP contribution in [0.3, 0.4) is 0 Å². The van der Waals surface area contributed by atoms with E-state index in [4.69, 9.17) is 5.26 Å². The number of nitriles is 1. The lowest BCUT2D eigenvalue weighted by Gasteiger charge is -2.27. The average Bonchev–Trinajstić information content (AvgIpc) is 2.97. The molecule has 2 rings (SSSR count). The highest BCUT2D eigenvalue weighted by Crippen LogP contribution is 2.30. The van der Waals surface area contributed by atoms with Crippen molar-refractivity contribution in [2.75, 3.05) is 29.9 Å². The molecule has 108 valence electrons. The molecule has 1 aromatic rings. The Morgan fingerprint density at radius 2 is 1.95 bits per heavy atom. The highest BCUT2D eigenvalue weighted by atomic mass is 15.2. The van der Waals surface area contributed by atoms with Gasteiger partial charge in [0.1, 0.15) is 0 Å². The van der Waals surface area contributed by atoms with Crippen molar-refractivity contribution in [1.82, 2.24) is 0 Å². The molecule has 3 nitrogen and oxygen atoms in total. The van der Waals surface area contributed by atoms with Crippen molar-refractivity contribution < 1.29 is 0 Å². The summed E-state index contributed by atoms with van der Waals surface area (Å²) in [5, 5.41) is 12.3. The van der Waals surface area contributed by atoms with Crippen molar-refractivity contribution in [3.8, 4) is 6.07 Å². The summed E-state index contributed by atoms with van der Waals surface area (Å²) >= 11 is 0. The summed E-state index contributed by atoms with van der Waals surface area (Å²) in [7, 11) is 0. The maximum absolute atomic E-state index is 8.73. The summed E-state index contributed by atoms with van der Waals surface area (Å²) in [6.07, 6.45) is 4.15. The highest BCUT2D eigenvalue weighted by molar-refractivity contribution is 5.70. The monoisotopic (exact) mass is 271 g/mol. The first-order valence-electron chi connectivity index (χ1n) is 7.57. The Morgan fingerprint density at radius 1 is 1.25 bits per heavy atom. The van der Waals surface area contributed by atoms with Crippen LogP contribution in [-0.4, -0.2) is 19.6 Å². The fourth-order valence-corrected chi connectivity index (χ4v) is 2.67. The fraction of sp³-hybridized carbons (Fsp3) is 0.588. The number of para-hydroxylation sites is 2. The van der Waals surface area contributed by atoms with Gasteiger partial charge < -0.3 is 10.2 Å². The second kappa shape index (κ2) is 6.65. The van der Waals surface area contributed by atoms with E-state index in [2.05, 4.69) is 54.4 Å². The molecule has 0 spiro atoms. The molecule has 0 unspecified atom stereocenters. The first-order chi connectivity index (χ1) is 9.62. The molecule has 0 aliphatic carbocycles. The van der Waals surface area contributed by atoms with E-state index in [0.29, 0.717) is 6.42 Å². The van der Waals surface area contributed by atoms with Crippen LogP contribution in [0.2, 0.25) is 0 Å². The lowest BCUT2D eigenvalue weighted by atomic mass is 9.88. The molecule has 1 aliphatic heterocycles. The van der Waals surface area contributed by atoms with Gasteiger partial charge >= 0.3 is 0 Å². The highest BCUT2D eigenvalue weighted by Gasteiger charge is 2.19. The van der Waals surface area contributed by atoms with Crippen molar-refractivity contribution in [3.63, 3.8) is 0 Å². The molecule has 3 heteroatoms. The van der Waals surface area contributed by atoms with Crippen molar-refractivity contribution in [2.24, 2.45) is 5.41 Å². The minimum atomic E-state index is 0.147. The number of anilines is 2. The summed E-state index contributed by atoms with van der Waals surface area (Å²) in [4.78, 5) is 2.46. The largest absolute Gasteiger partial charge is 0.383 e. The number of hydrogen-bond donors (Lipinski definition) is 1. The first kappa shape index (κ1) is 14.7. The molecule has 1 heterocycles. The van der Waals surface area contributed by atoms with E-state index in [9.17, 15) is 0 Å². The van der Waals surface area contributed by atoms with E-state index >= 15 is 0 Å². The standard InChI is InChI=1S/C17H25N3/c1-17(2,10-7-11-18)14-19-15-8-3-4-9-16(15)20-12-5-6-13-20/h3-4,8-9,19H,5-7,10,12-14H2,1-2H3. The molecule has 1 saturated heterocycles. The SMILES string of the molecule is CC(C)(CCC#N)CNc1ccccc1N1CCCC1. The summed E-state index contributed by atoms with van der Waals surface area (Å²) in [6, 6.07) is 10.8. The predicted molar refractivity (Wildman–Crippen MR) is 85.0 cm³/mol. The Kier molecular flexibility index (Phi) is 4.89. The molecule has 1 aromatic carbocycles. The Balaban J connectivity index is 2.00. The van der Waals surface area contributed by atoms with Crippen molar-refractivity contribution in [1.29, 1.82) is 5.26 Å². The van der Waals surface area contributed by atoms with Gasteiger partial charge in [-0.1, -0.05) is 26.0 Å². The van der Waals surface area contributed by atoms with Crippen LogP contribution in [0.25, 0.3) is 0 Å². The quantitative estimate of drug-likeness (QED) is 0.849. The lowest BCUT2D eigenvalue weighted by Crippen LogP contribution is -2.25. The molecular formula is C17H25N3. The molecule has 1 fully saturated rings. The molecule has 20 heavy (non-hydrogen) atoms. The van der Waals surface area contributed by atoms with Crippen LogP contribution in [0, 0.1) is 16.7 Å². The third kappa shape index (κ3) is 3.90. The van der Waals surface area contributed by atoms with E-state index in [1.54, 1.807) is 0 Å². The zero-order chi connectivity index (χ0) is 14.4. The smallest absolute Gasteiger partial charge is 0.0621 e. The summed E-state index contributed by atoms with van der Waals surface area (Å²) in [5.74, 6) is 0. The van der Waals surface area contributed by atoms with Gasteiger partial charge in [-0.3, -0.25) is 0 Å². The molecule has 0 amide bonds. The van der Waals surface area contributed by atoms with Crippen LogP contribution in [-0.2, 0) is 0 Å². The second-order valence-electron chi connectivity index (χ2n) is 6.39. The topological polar surface area (TPSA) is 39.1 Å². The minimum absolute atomic E-state index is 0.147. The third-order valence-electron chi connectivity index (χ3n) is 4.02. The van der Waals surface area contributed by atoms with E-state index in [0.717, 1.165) is 26.1 Å². The molecule has 1 N–H and O–H groups in total. The van der Waals surface area contributed by atoms with Gasteiger partial charge in [0.05, 0.1) is 17.4 Å². The fourth-order valence-electron chi connectivity index (χ4n) is 2.67. The van der Waals surface area contributed by atoms with Gasteiger partial charge in [0, 0.05) is 26.1 Å². The Hall–Kier alpha value is -1.69. The molecule has 0 saturated carbocycles. The van der Waals surface area contributed by atoms with Gasteiger partial charge in [0.25, 0.3) is 0 Å². The summed E-state index contributed by atoms with van der Waals surface area (Å²) < 4.78 is 0. The van der Waals surface area contributed by atoms with E-state index in [-0.39, 0.29) is 5.41 Å². The van der Waals surface area contributed by atoms with Crippen LogP contribution >= 0.6 is 0 Å². The normalized spacial score (nSPS) is 15.2. The Morgan fingerprint density at radius 3 is 2.65 bits per heavy atom. The third-order valence-corrected chi connectivity index (χ3v) is 4.02. The predicted octanol–water partition coefficient (Wildman–Crippen LogP) is 4.03. The molecule has 0 bridgehead atoms. The molecule has 0 atom stereocenters. The second-order valence-corrected chi connectivity index (χ2v) is 6.39. The van der Waals surface area contributed by atoms with Crippen LogP contribution in [0.1, 0.15) is 39.5 Å². The minimum Gasteiger partial charge on any atom is -0.383 e. The maximum Gasteiger partial charge on any atom is 0.0621 e. The van der Waals surface area contributed by atoms with Gasteiger partial charge in [-0.05, 0) is 36.8 Å².